The molecule has 3 nitrogen and oxygen atoms in total. The summed E-state index contributed by atoms with van der Waals surface area (Å²) in [7, 11) is 1.55. The molecule has 0 fully saturated rings. The number of benzene rings is 1. The van der Waals surface area contributed by atoms with Crippen molar-refractivity contribution >= 4 is 11.6 Å². The number of hydrogen-bond donors (Lipinski definition) is 1. The Morgan fingerprint density at radius 2 is 2.21 bits per heavy atom. The van der Waals surface area contributed by atoms with Crippen LogP contribution in [0.4, 0.5) is 0 Å². The molecule has 1 aromatic carbocycles. The molecule has 0 amide bonds. The third kappa shape index (κ3) is 1.33. The largest absolute Gasteiger partial charge is 0.493 e. The van der Waals surface area contributed by atoms with Crippen LogP contribution in [-0.2, 0) is 0 Å². The van der Waals surface area contributed by atoms with Crippen LogP contribution in [0.2, 0.25) is 5.02 Å². The lowest BCUT2D eigenvalue weighted by molar-refractivity contribution is 0.0786. The Kier molecular flexibility index (Phi) is 2.29. The molecule has 1 aromatic rings. The predicted molar refractivity (Wildman–Crippen MR) is 53.1 cm³/mol. The Labute approximate surface area is 87.2 Å². The van der Waals surface area contributed by atoms with E-state index in [0.29, 0.717) is 22.1 Å². The first-order chi connectivity index (χ1) is 6.63. The van der Waals surface area contributed by atoms with E-state index < -0.39 is 6.10 Å². The molecule has 76 valence electrons. The minimum Gasteiger partial charge on any atom is -0.493 e. The lowest BCUT2D eigenvalue weighted by Crippen LogP contribution is -2.12. The first-order valence-electron chi connectivity index (χ1n) is 4.35. The van der Waals surface area contributed by atoms with Crippen LogP contribution in [0, 0.1) is 0 Å². The molecule has 0 aromatic heterocycles. The van der Waals surface area contributed by atoms with Gasteiger partial charge in [-0.05, 0) is 13.0 Å². The quantitative estimate of drug-likeness (QED) is 0.779. The Morgan fingerprint density at radius 1 is 1.50 bits per heavy atom. The zero-order valence-electron chi connectivity index (χ0n) is 7.95. The molecule has 1 heterocycles. The summed E-state index contributed by atoms with van der Waals surface area (Å²) in [6, 6.07) is 3.37. The van der Waals surface area contributed by atoms with Gasteiger partial charge in [0.05, 0.1) is 7.11 Å². The number of aliphatic hydroxyl groups is 1. The van der Waals surface area contributed by atoms with Crippen LogP contribution >= 0.6 is 11.6 Å². The highest BCUT2D eigenvalue weighted by Gasteiger charge is 2.32. The van der Waals surface area contributed by atoms with Gasteiger partial charge in [0.15, 0.2) is 11.5 Å². The van der Waals surface area contributed by atoms with Gasteiger partial charge in [-0.1, -0.05) is 11.6 Å². The summed E-state index contributed by atoms with van der Waals surface area (Å²) in [4.78, 5) is 0. The van der Waals surface area contributed by atoms with Crippen LogP contribution in [-0.4, -0.2) is 18.3 Å². The lowest BCUT2D eigenvalue weighted by atomic mass is 10.1. The van der Waals surface area contributed by atoms with E-state index in [1.165, 1.54) is 0 Å². The molecule has 4 heteroatoms. The maximum absolute atomic E-state index is 9.76. The molecule has 0 bridgehead atoms. The summed E-state index contributed by atoms with van der Waals surface area (Å²) < 4.78 is 10.6. The number of fused-ring (bicyclic) bond motifs is 1. The van der Waals surface area contributed by atoms with E-state index in [2.05, 4.69) is 0 Å². The van der Waals surface area contributed by atoms with Gasteiger partial charge in [0, 0.05) is 16.7 Å². The highest BCUT2D eigenvalue weighted by atomic mass is 35.5. The Morgan fingerprint density at radius 3 is 2.86 bits per heavy atom. The fourth-order valence-electron chi connectivity index (χ4n) is 1.59. The molecule has 2 atom stereocenters. The number of methoxy groups -OCH3 is 1. The third-order valence-electron chi connectivity index (χ3n) is 2.34. The van der Waals surface area contributed by atoms with Crippen LogP contribution in [0.3, 0.4) is 0 Å². The SMILES string of the molecule is COc1cc(Cl)cc2c1OC(C)C2O. The van der Waals surface area contributed by atoms with E-state index in [1.807, 2.05) is 0 Å². The maximum atomic E-state index is 9.76. The highest BCUT2D eigenvalue weighted by molar-refractivity contribution is 6.30. The van der Waals surface area contributed by atoms with E-state index in [4.69, 9.17) is 21.1 Å². The number of rotatable bonds is 1. The van der Waals surface area contributed by atoms with Gasteiger partial charge in [0.2, 0.25) is 0 Å². The first kappa shape index (κ1) is 9.62. The van der Waals surface area contributed by atoms with E-state index >= 15 is 0 Å². The van der Waals surface area contributed by atoms with Crippen LogP contribution in [0.25, 0.3) is 0 Å². The molecule has 0 saturated carbocycles. The normalized spacial score (nSPS) is 24.3. The van der Waals surface area contributed by atoms with Gasteiger partial charge in [0.1, 0.15) is 12.2 Å². The summed E-state index contributed by atoms with van der Waals surface area (Å²) in [5, 5.41) is 10.3. The Balaban J connectivity index is 2.55. The van der Waals surface area contributed by atoms with Crippen LogP contribution in [0.1, 0.15) is 18.6 Å². The average Bonchev–Trinajstić information content (AvgIpc) is 2.43. The number of hydrogen-bond acceptors (Lipinski definition) is 3. The summed E-state index contributed by atoms with van der Waals surface area (Å²) in [6.07, 6.45) is -0.880. The van der Waals surface area contributed by atoms with E-state index in [-0.39, 0.29) is 6.10 Å². The molecule has 14 heavy (non-hydrogen) atoms. The Hall–Kier alpha value is -0.930. The summed E-state index contributed by atoms with van der Waals surface area (Å²) in [5.74, 6) is 1.16. The number of halogens is 1. The molecule has 0 radical (unpaired) electrons. The van der Waals surface area contributed by atoms with Crippen molar-refractivity contribution in [3.63, 3.8) is 0 Å². The number of ether oxygens (including phenoxy) is 2. The van der Waals surface area contributed by atoms with Crippen molar-refractivity contribution in [1.29, 1.82) is 0 Å². The third-order valence-corrected chi connectivity index (χ3v) is 2.55. The highest BCUT2D eigenvalue weighted by Crippen LogP contribution is 2.44. The topological polar surface area (TPSA) is 38.7 Å². The fraction of sp³-hybridized carbons (Fsp3) is 0.400. The molecule has 2 rings (SSSR count). The van der Waals surface area contributed by atoms with Gasteiger partial charge in [-0.2, -0.15) is 0 Å². The molecule has 0 saturated heterocycles. The van der Waals surface area contributed by atoms with Crippen molar-refractivity contribution in [2.75, 3.05) is 7.11 Å². The van der Waals surface area contributed by atoms with Gasteiger partial charge in [-0.25, -0.2) is 0 Å². The molecule has 1 aliphatic rings. The molecular weight excluding hydrogens is 204 g/mol. The van der Waals surface area contributed by atoms with Crippen LogP contribution < -0.4 is 9.47 Å². The molecule has 1 aliphatic heterocycles. The van der Waals surface area contributed by atoms with Gasteiger partial charge in [-0.15, -0.1) is 0 Å². The maximum Gasteiger partial charge on any atom is 0.167 e. The fourth-order valence-corrected chi connectivity index (χ4v) is 1.81. The lowest BCUT2D eigenvalue weighted by Gasteiger charge is -2.07. The monoisotopic (exact) mass is 214 g/mol. The van der Waals surface area contributed by atoms with Gasteiger partial charge in [0.25, 0.3) is 0 Å². The minimum atomic E-state index is -0.627. The van der Waals surface area contributed by atoms with E-state index in [1.54, 1.807) is 26.2 Å². The van der Waals surface area contributed by atoms with Crippen molar-refractivity contribution in [3.8, 4) is 11.5 Å². The van der Waals surface area contributed by atoms with Crippen LogP contribution in [0.15, 0.2) is 12.1 Å². The first-order valence-corrected chi connectivity index (χ1v) is 4.73. The predicted octanol–water partition coefficient (Wildman–Crippen LogP) is 2.16. The standard InChI is InChI=1S/C10H11ClO3/c1-5-9(12)7-3-6(11)4-8(13-2)10(7)14-5/h3-5,9,12H,1-2H3. The zero-order valence-corrected chi connectivity index (χ0v) is 8.71. The second kappa shape index (κ2) is 3.33. The van der Waals surface area contributed by atoms with Gasteiger partial charge < -0.3 is 14.6 Å². The summed E-state index contributed by atoms with van der Waals surface area (Å²) >= 11 is 5.87. The second-order valence-corrected chi connectivity index (χ2v) is 3.73. The van der Waals surface area contributed by atoms with Crippen molar-refractivity contribution in [3.05, 3.63) is 22.7 Å². The van der Waals surface area contributed by atoms with Crippen LogP contribution in [0.5, 0.6) is 11.5 Å². The zero-order chi connectivity index (χ0) is 10.3. The molecule has 2 unspecified atom stereocenters. The molecular formula is C10H11ClO3. The average molecular weight is 215 g/mol. The van der Waals surface area contributed by atoms with Crippen molar-refractivity contribution in [2.45, 2.75) is 19.1 Å². The summed E-state index contributed by atoms with van der Waals surface area (Å²) in [6.45, 7) is 1.80. The van der Waals surface area contributed by atoms with Crippen molar-refractivity contribution in [1.82, 2.24) is 0 Å². The van der Waals surface area contributed by atoms with Gasteiger partial charge >= 0.3 is 0 Å². The molecule has 0 aliphatic carbocycles. The molecule has 0 spiro atoms. The molecule has 1 N–H and O–H groups in total. The second-order valence-electron chi connectivity index (χ2n) is 3.29. The van der Waals surface area contributed by atoms with E-state index in [0.717, 1.165) is 0 Å². The van der Waals surface area contributed by atoms with Crippen molar-refractivity contribution < 1.29 is 14.6 Å². The Bertz CT molecular complexity index is 365. The van der Waals surface area contributed by atoms with Crippen molar-refractivity contribution in [2.24, 2.45) is 0 Å². The smallest absolute Gasteiger partial charge is 0.167 e. The minimum absolute atomic E-state index is 0.252. The van der Waals surface area contributed by atoms with E-state index in [9.17, 15) is 5.11 Å². The van der Waals surface area contributed by atoms with Gasteiger partial charge in [-0.3, -0.25) is 0 Å². The number of aliphatic hydroxyl groups excluding tert-OH is 1. The summed E-state index contributed by atoms with van der Waals surface area (Å²) in [5.41, 5.74) is 0.696.